The zero-order valence-electron chi connectivity index (χ0n) is 17.1. The van der Waals surface area contributed by atoms with Crippen molar-refractivity contribution in [2.24, 2.45) is 5.92 Å². The standard InChI is InChI=1S/C21H29N3O3S/c1-15(2)9-11-23-16(3)12-20(17(23)4)21(25)14-24(18-7-8-18)28(26,27)19-6-5-10-22-13-19/h5-6,10,12-13,15,18H,7-9,11,14H2,1-4H3. The van der Waals surface area contributed by atoms with Crippen LogP contribution in [0.3, 0.4) is 0 Å². The van der Waals surface area contributed by atoms with Crippen molar-refractivity contribution in [1.29, 1.82) is 0 Å². The zero-order valence-corrected chi connectivity index (χ0v) is 17.9. The number of carbonyl (C=O) groups excluding carboxylic acids is 1. The zero-order chi connectivity index (χ0) is 20.5. The third kappa shape index (κ3) is 4.36. The molecule has 2 aromatic heterocycles. The first-order valence-electron chi connectivity index (χ1n) is 9.83. The Balaban J connectivity index is 1.84. The lowest BCUT2D eigenvalue weighted by atomic mass is 10.1. The van der Waals surface area contributed by atoms with Gasteiger partial charge in [-0.3, -0.25) is 9.78 Å². The van der Waals surface area contributed by atoms with Gasteiger partial charge in [-0.25, -0.2) is 8.42 Å². The van der Waals surface area contributed by atoms with Crippen LogP contribution in [0.1, 0.15) is 54.9 Å². The molecule has 1 aliphatic rings. The average Bonchev–Trinajstić information content (AvgIpc) is 3.44. The highest BCUT2D eigenvalue weighted by Crippen LogP contribution is 2.32. The summed E-state index contributed by atoms with van der Waals surface area (Å²) in [6, 6.07) is 4.92. The minimum absolute atomic E-state index is 0.0985. The summed E-state index contributed by atoms with van der Waals surface area (Å²) in [6.07, 6.45) is 5.50. The number of hydrogen-bond donors (Lipinski definition) is 0. The smallest absolute Gasteiger partial charge is 0.245 e. The summed E-state index contributed by atoms with van der Waals surface area (Å²) in [5.74, 6) is 0.429. The first-order valence-corrected chi connectivity index (χ1v) is 11.3. The Labute approximate surface area is 167 Å². The first kappa shape index (κ1) is 20.7. The number of nitrogens with zero attached hydrogens (tertiary/aromatic N) is 3. The van der Waals surface area contributed by atoms with Crippen LogP contribution in [0, 0.1) is 19.8 Å². The van der Waals surface area contributed by atoms with Crippen LogP contribution < -0.4 is 0 Å². The third-order valence-electron chi connectivity index (χ3n) is 5.30. The number of carbonyl (C=O) groups is 1. The van der Waals surface area contributed by atoms with Gasteiger partial charge in [-0.1, -0.05) is 13.8 Å². The van der Waals surface area contributed by atoms with E-state index in [1.807, 2.05) is 19.9 Å². The van der Waals surface area contributed by atoms with Gasteiger partial charge in [0.15, 0.2) is 5.78 Å². The van der Waals surface area contributed by atoms with Gasteiger partial charge in [0.25, 0.3) is 0 Å². The maximum Gasteiger partial charge on any atom is 0.245 e. The van der Waals surface area contributed by atoms with Crippen LogP contribution in [0.15, 0.2) is 35.5 Å². The van der Waals surface area contributed by atoms with Gasteiger partial charge in [0.1, 0.15) is 4.90 Å². The highest BCUT2D eigenvalue weighted by Gasteiger charge is 2.39. The molecule has 3 rings (SSSR count). The molecular formula is C21H29N3O3S. The average molecular weight is 404 g/mol. The Bertz CT molecular complexity index is 945. The largest absolute Gasteiger partial charge is 0.348 e. The molecule has 0 N–H and O–H groups in total. The van der Waals surface area contributed by atoms with Crippen LogP contribution >= 0.6 is 0 Å². The highest BCUT2D eigenvalue weighted by atomic mass is 32.2. The summed E-state index contributed by atoms with van der Waals surface area (Å²) < 4.78 is 29.6. The number of hydrogen-bond acceptors (Lipinski definition) is 4. The summed E-state index contributed by atoms with van der Waals surface area (Å²) in [5, 5.41) is 0. The molecule has 0 atom stereocenters. The number of aryl methyl sites for hydroxylation is 1. The van der Waals surface area contributed by atoms with E-state index in [-0.39, 0.29) is 23.3 Å². The summed E-state index contributed by atoms with van der Waals surface area (Å²) in [7, 11) is -3.74. The van der Waals surface area contributed by atoms with E-state index < -0.39 is 10.0 Å². The van der Waals surface area contributed by atoms with Crippen LogP contribution in [0.25, 0.3) is 0 Å². The molecule has 1 aliphatic carbocycles. The molecule has 7 heteroatoms. The van der Waals surface area contributed by atoms with Gasteiger partial charge >= 0.3 is 0 Å². The Morgan fingerprint density at radius 1 is 1.32 bits per heavy atom. The van der Waals surface area contributed by atoms with Gasteiger partial charge in [-0.05, 0) is 57.2 Å². The van der Waals surface area contributed by atoms with Crippen molar-refractivity contribution in [3.05, 3.63) is 47.5 Å². The molecule has 1 saturated carbocycles. The molecule has 0 aliphatic heterocycles. The highest BCUT2D eigenvalue weighted by molar-refractivity contribution is 7.89. The van der Waals surface area contributed by atoms with Gasteiger partial charge in [-0.15, -0.1) is 0 Å². The molecule has 28 heavy (non-hydrogen) atoms. The summed E-state index contributed by atoms with van der Waals surface area (Å²) in [5.41, 5.74) is 2.57. The Hall–Kier alpha value is -1.99. The topological polar surface area (TPSA) is 72.3 Å². The van der Waals surface area contributed by atoms with Crippen molar-refractivity contribution in [3.63, 3.8) is 0 Å². The van der Waals surface area contributed by atoms with Crippen molar-refractivity contribution in [3.8, 4) is 0 Å². The molecule has 0 bridgehead atoms. The number of rotatable bonds is 9. The Kier molecular flexibility index (Phi) is 6.05. The molecule has 0 unspecified atom stereocenters. The third-order valence-corrected chi connectivity index (χ3v) is 7.18. The monoisotopic (exact) mass is 403 g/mol. The van der Waals surface area contributed by atoms with E-state index in [1.165, 1.54) is 22.8 Å². The molecule has 152 valence electrons. The molecule has 0 amide bonds. The van der Waals surface area contributed by atoms with Gasteiger partial charge in [-0.2, -0.15) is 4.31 Å². The van der Waals surface area contributed by atoms with Crippen LogP contribution in [0.2, 0.25) is 0 Å². The second-order valence-electron chi connectivity index (χ2n) is 8.01. The van der Waals surface area contributed by atoms with E-state index in [0.717, 1.165) is 37.2 Å². The fourth-order valence-electron chi connectivity index (χ4n) is 3.45. The maximum atomic E-state index is 13.1. The van der Waals surface area contributed by atoms with E-state index >= 15 is 0 Å². The molecule has 6 nitrogen and oxygen atoms in total. The summed E-state index contributed by atoms with van der Waals surface area (Å²) in [4.78, 5) is 17.1. The van der Waals surface area contributed by atoms with Crippen LogP contribution in [0.5, 0.6) is 0 Å². The molecule has 1 fully saturated rings. The van der Waals surface area contributed by atoms with E-state index in [4.69, 9.17) is 0 Å². The number of pyridine rings is 1. The lowest BCUT2D eigenvalue weighted by molar-refractivity contribution is 0.0963. The quantitative estimate of drug-likeness (QED) is 0.600. The molecule has 2 aromatic rings. The molecule has 0 saturated heterocycles. The van der Waals surface area contributed by atoms with Crippen molar-refractivity contribution in [2.45, 2.75) is 64.4 Å². The second kappa shape index (κ2) is 8.17. The normalized spacial score (nSPS) is 14.8. The summed E-state index contributed by atoms with van der Waals surface area (Å²) >= 11 is 0. The van der Waals surface area contributed by atoms with Crippen molar-refractivity contribution in [1.82, 2.24) is 13.9 Å². The SMILES string of the molecule is Cc1cc(C(=O)CN(C2CC2)S(=O)(=O)c2cccnc2)c(C)n1CCC(C)C. The van der Waals surface area contributed by atoms with Gasteiger partial charge in [0.2, 0.25) is 10.0 Å². The summed E-state index contributed by atoms with van der Waals surface area (Å²) in [6.45, 7) is 9.03. The molecule has 0 spiro atoms. The minimum atomic E-state index is -3.74. The van der Waals surface area contributed by atoms with Crippen molar-refractivity contribution < 1.29 is 13.2 Å². The molecule has 0 aromatic carbocycles. The van der Waals surface area contributed by atoms with Crippen molar-refractivity contribution >= 4 is 15.8 Å². The fourth-order valence-corrected chi connectivity index (χ4v) is 5.06. The molecular weight excluding hydrogens is 374 g/mol. The first-order chi connectivity index (χ1) is 13.2. The number of ketones is 1. The van der Waals surface area contributed by atoms with E-state index in [1.54, 1.807) is 6.07 Å². The minimum Gasteiger partial charge on any atom is -0.348 e. The van der Waals surface area contributed by atoms with Crippen molar-refractivity contribution in [2.75, 3.05) is 6.54 Å². The number of Topliss-reactive ketones (excluding diaryl/α,β-unsaturated/α-hetero) is 1. The molecule has 0 radical (unpaired) electrons. The van der Waals surface area contributed by atoms with Gasteiger partial charge in [0.05, 0.1) is 6.54 Å². The van der Waals surface area contributed by atoms with E-state index in [0.29, 0.717) is 11.5 Å². The Morgan fingerprint density at radius 2 is 2.04 bits per heavy atom. The van der Waals surface area contributed by atoms with E-state index in [9.17, 15) is 13.2 Å². The van der Waals surface area contributed by atoms with Gasteiger partial charge in [0, 0.05) is 41.9 Å². The predicted octanol–water partition coefficient (Wildman–Crippen LogP) is 3.58. The molecule has 2 heterocycles. The van der Waals surface area contributed by atoms with Crippen LogP contribution in [0.4, 0.5) is 0 Å². The maximum absolute atomic E-state index is 13.1. The van der Waals surface area contributed by atoms with E-state index in [2.05, 4.69) is 23.4 Å². The second-order valence-corrected chi connectivity index (χ2v) is 9.90. The van der Waals surface area contributed by atoms with Gasteiger partial charge < -0.3 is 4.57 Å². The fraction of sp³-hybridized carbons (Fsp3) is 0.524. The number of sulfonamides is 1. The Morgan fingerprint density at radius 3 is 2.61 bits per heavy atom. The van der Waals surface area contributed by atoms with Crippen LogP contribution in [-0.4, -0.2) is 40.6 Å². The van der Waals surface area contributed by atoms with Crippen LogP contribution in [-0.2, 0) is 16.6 Å². The lowest BCUT2D eigenvalue weighted by Crippen LogP contribution is -2.37. The predicted molar refractivity (Wildman–Crippen MR) is 109 cm³/mol. The lowest BCUT2D eigenvalue weighted by Gasteiger charge is -2.21. The number of aromatic nitrogens is 2.